The first-order valence-electron chi connectivity index (χ1n) is 7.90. The zero-order chi connectivity index (χ0) is 18.6. The summed E-state index contributed by atoms with van der Waals surface area (Å²) in [6.07, 6.45) is 3.86. The van der Waals surface area contributed by atoms with Gasteiger partial charge < -0.3 is 4.90 Å². The van der Waals surface area contributed by atoms with Gasteiger partial charge in [-0.3, -0.25) is 10.1 Å². The van der Waals surface area contributed by atoms with Crippen molar-refractivity contribution in [3.8, 4) is 0 Å². The molecule has 1 aliphatic heterocycles. The van der Waals surface area contributed by atoms with Crippen LogP contribution in [0.4, 0.5) is 11.6 Å². The number of hydrogen-bond donors (Lipinski definition) is 0. The van der Waals surface area contributed by atoms with Gasteiger partial charge in [-0.2, -0.15) is 4.31 Å². The second kappa shape index (κ2) is 7.58. The molecule has 10 heteroatoms. The number of anilines is 1. The van der Waals surface area contributed by atoms with E-state index in [4.69, 9.17) is 0 Å². The van der Waals surface area contributed by atoms with E-state index in [2.05, 4.69) is 9.97 Å². The van der Waals surface area contributed by atoms with Crippen LogP contribution in [-0.4, -0.2) is 53.8 Å². The van der Waals surface area contributed by atoms with Gasteiger partial charge in [-0.1, -0.05) is 30.3 Å². The highest BCUT2D eigenvalue weighted by Crippen LogP contribution is 2.16. The second-order valence-corrected chi connectivity index (χ2v) is 7.46. The standard InChI is InChI=1S/C16H17N5O4S/c22-21(23)15-12-17-16(18-13-15)19-7-9-20(10-8-19)26(24,25)11-6-14-4-2-1-3-5-14/h1-6,11-13H,7-10H2/b11-6+. The fourth-order valence-electron chi connectivity index (χ4n) is 2.53. The van der Waals surface area contributed by atoms with Gasteiger partial charge in [0.2, 0.25) is 16.0 Å². The van der Waals surface area contributed by atoms with Gasteiger partial charge in [0.05, 0.1) is 4.92 Å². The molecule has 0 unspecified atom stereocenters. The van der Waals surface area contributed by atoms with Crippen molar-refractivity contribution in [3.63, 3.8) is 0 Å². The van der Waals surface area contributed by atoms with Gasteiger partial charge in [-0.15, -0.1) is 0 Å². The third-order valence-electron chi connectivity index (χ3n) is 3.95. The van der Waals surface area contributed by atoms with Crippen molar-refractivity contribution < 1.29 is 13.3 Å². The summed E-state index contributed by atoms with van der Waals surface area (Å²) in [6.45, 7) is 1.41. The number of rotatable bonds is 5. The Morgan fingerprint density at radius 1 is 1.04 bits per heavy atom. The van der Waals surface area contributed by atoms with Crippen LogP contribution in [0.25, 0.3) is 6.08 Å². The molecule has 1 aromatic carbocycles. The number of piperazine rings is 1. The minimum absolute atomic E-state index is 0.180. The van der Waals surface area contributed by atoms with E-state index in [1.807, 2.05) is 30.3 Å². The minimum Gasteiger partial charge on any atom is -0.338 e. The fourth-order valence-corrected chi connectivity index (χ4v) is 3.70. The molecule has 2 aromatic rings. The van der Waals surface area contributed by atoms with E-state index in [1.165, 1.54) is 9.71 Å². The van der Waals surface area contributed by atoms with Crippen molar-refractivity contribution in [3.05, 3.63) is 63.8 Å². The van der Waals surface area contributed by atoms with Crippen molar-refractivity contribution in [1.82, 2.24) is 14.3 Å². The number of nitrogens with zero attached hydrogens (tertiary/aromatic N) is 5. The number of nitro groups is 1. The molecule has 0 spiro atoms. The van der Waals surface area contributed by atoms with E-state index in [0.717, 1.165) is 18.0 Å². The van der Waals surface area contributed by atoms with Gasteiger partial charge in [0, 0.05) is 31.6 Å². The monoisotopic (exact) mass is 375 g/mol. The first-order chi connectivity index (χ1) is 12.5. The molecule has 26 heavy (non-hydrogen) atoms. The van der Waals surface area contributed by atoms with Crippen LogP contribution in [0.1, 0.15) is 5.56 Å². The molecular weight excluding hydrogens is 358 g/mol. The molecule has 0 saturated carbocycles. The van der Waals surface area contributed by atoms with E-state index >= 15 is 0 Å². The van der Waals surface area contributed by atoms with E-state index in [9.17, 15) is 18.5 Å². The lowest BCUT2D eigenvalue weighted by molar-refractivity contribution is -0.385. The zero-order valence-electron chi connectivity index (χ0n) is 13.8. The summed E-state index contributed by atoms with van der Waals surface area (Å²) in [5.74, 6) is 0.354. The van der Waals surface area contributed by atoms with E-state index < -0.39 is 14.9 Å². The summed E-state index contributed by atoms with van der Waals surface area (Å²) in [6, 6.07) is 9.21. The highest BCUT2D eigenvalue weighted by molar-refractivity contribution is 7.92. The van der Waals surface area contributed by atoms with Crippen molar-refractivity contribution in [1.29, 1.82) is 0 Å². The molecule has 0 bridgehead atoms. The molecule has 1 aromatic heterocycles. The van der Waals surface area contributed by atoms with Crippen molar-refractivity contribution >= 4 is 27.7 Å². The zero-order valence-corrected chi connectivity index (χ0v) is 14.6. The maximum absolute atomic E-state index is 12.4. The third-order valence-corrected chi connectivity index (χ3v) is 5.51. The van der Waals surface area contributed by atoms with Crippen LogP contribution in [0.3, 0.4) is 0 Å². The molecule has 0 amide bonds. The fraction of sp³-hybridized carbons (Fsp3) is 0.250. The van der Waals surface area contributed by atoms with Crippen molar-refractivity contribution in [2.45, 2.75) is 0 Å². The smallest absolute Gasteiger partial charge is 0.305 e. The molecule has 0 radical (unpaired) electrons. The molecule has 136 valence electrons. The molecule has 3 rings (SSSR count). The third kappa shape index (κ3) is 4.21. The van der Waals surface area contributed by atoms with Gasteiger partial charge >= 0.3 is 5.69 Å². The average molecular weight is 375 g/mol. The second-order valence-electron chi connectivity index (χ2n) is 5.64. The predicted molar refractivity (Wildman–Crippen MR) is 96.9 cm³/mol. The lowest BCUT2D eigenvalue weighted by atomic mass is 10.2. The van der Waals surface area contributed by atoms with Crippen LogP contribution in [0.15, 0.2) is 48.1 Å². The topological polar surface area (TPSA) is 110 Å². The highest BCUT2D eigenvalue weighted by Gasteiger charge is 2.26. The van der Waals surface area contributed by atoms with Crippen LogP contribution in [0.5, 0.6) is 0 Å². The highest BCUT2D eigenvalue weighted by atomic mass is 32.2. The Bertz CT molecular complexity index is 892. The molecule has 2 heterocycles. The lowest BCUT2D eigenvalue weighted by Gasteiger charge is -2.33. The number of benzene rings is 1. The molecule has 9 nitrogen and oxygen atoms in total. The van der Waals surface area contributed by atoms with E-state index in [1.54, 1.807) is 11.0 Å². The predicted octanol–water partition coefficient (Wildman–Crippen LogP) is 1.51. The number of hydrogen-bond acceptors (Lipinski definition) is 7. The molecule has 1 fully saturated rings. The van der Waals surface area contributed by atoms with Crippen LogP contribution in [0, 0.1) is 10.1 Å². The quantitative estimate of drug-likeness (QED) is 0.575. The molecule has 1 saturated heterocycles. The maximum atomic E-state index is 12.4. The van der Waals surface area contributed by atoms with Crippen LogP contribution < -0.4 is 4.90 Å². The average Bonchev–Trinajstić information content (AvgIpc) is 2.67. The molecule has 0 N–H and O–H groups in total. The largest absolute Gasteiger partial charge is 0.338 e. The van der Waals surface area contributed by atoms with Crippen molar-refractivity contribution in [2.75, 3.05) is 31.1 Å². The Hall–Kier alpha value is -2.85. The van der Waals surface area contributed by atoms with Crippen LogP contribution in [0.2, 0.25) is 0 Å². The maximum Gasteiger partial charge on any atom is 0.305 e. The summed E-state index contributed by atoms with van der Waals surface area (Å²) >= 11 is 0. The Morgan fingerprint density at radius 3 is 2.23 bits per heavy atom. The summed E-state index contributed by atoms with van der Waals surface area (Å²) < 4.78 is 26.3. The first-order valence-corrected chi connectivity index (χ1v) is 9.41. The Balaban J connectivity index is 1.62. The lowest BCUT2D eigenvalue weighted by Crippen LogP contribution is -2.48. The van der Waals surface area contributed by atoms with Crippen molar-refractivity contribution in [2.24, 2.45) is 0 Å². The van der Waals surface area contributed by atoms with Gasteiger partial charge in [-0.05, 0) is 11.6 Å². The molecular formula is C16H17N5O4S. The van der Waals surface area contributed by atoms with Gasteiger partial charge in [-0.25, -0.2) is 18.4 Å². The van der Waals surface area contributed by atoms with Gasteiger partial charge in [0.1, 0.15) is 12.4 Å². The summed E-state index contributed by atoms with van der Waals surface area (Å²) in [5, 5.41) is 11.8. The molecule has 1 aliphatic rings. The van der Waals surface area contributed by atoms with Crippen LogP contribution in [-0.2, 0) is 10.0 Å². The molecule has 0 aliphatic carbocycles. The van der Waals surface area contributed by atoms with Gasteiger partial charge in [0.25, 0.3) is 0 Å². The normalized spacial score (nSPS) is 16.1. The Kier molecular flexibility index (Phi) is 5.24. The Labute approximate surface area is 150 Å². The van der Waals surface area contributed by atoms with E-state index in [0.29, 0.717) is 32.1 Å². The summed E-state index contributed by atoms with van der Waals surface area (Å²) in [7, 11) is -3.51. The Morgan fingerprint density at radius 2 is 1.65 bits per heavy atom. The first kappa shape index (κ1) is 18.0. The van der Waals surface area contributed by atoms with E-state index in [-0.39, 0.29) is 5.69 Å². The van der Waals surface area contributed by atoms with Crippen LogP contribution >= 0.6 is 0 Å². The SMILES string of the molecule is O=[N+]([O-])c1cnc(N2CCN(S(=O)(=O)/C=C/c3ccccc3)CC2)nc1. The summed E-state index contributed by atoms with van der Waals surface area (Å²) in [4.78, 5) is 19.8. The molecule has 0 atom stereocenters. The summed E-state index contributed by atoms with van der Waals surface area (Å²) in [5.41, 5.74) is 0.634. The minimum atomic E-state index is -3.51. The number of sulfonamides is 1. The van der Waals surface area contributed by atoms with Gasteiger partial charge in [0.15, 0.2) is 0 Å². The number of aromatic nitrogens is 2.